The molecule has 1 amide bonds. The van der Waals surface area contributed by atoms with Crippen molar-refractivity contribution in [2.45, 2.75) is 34.1 Å². The Bertz CT molecular complexity index is 1220. The Balaban J connectivity index is 1.81. The normalized spacial score (nSPS) is 14.1. The van der Waals surface area contributed by atoms with E-state index < -0.39 is 0 Å². The maximum absolute atomic E-state index is 11.7. The lowest BCUT2D eigenvalue weighted by Crippen LogP contribution is -2.25. The zero-order valence-electron chi connectivity index (χ0n) is 18.2. The third kappa shape index (κ3) is 4.77. The number of nitrogens with zero attached hydrogens (tertiary/aromatic N) is 3. The maximum Gasteiger partial charge on any atom is 0.262 e. The van der Waals surface area contributed by atoms with Gasteiger partial charge in [0.2, 0.25) is 4.80 Å². The number of thiazole rings is 1. The Morgan fingerprint density at radius 2 is 2.06 bits per heavy atom. The summed E-state index contributed by atoms with van der Waals surface area (Å²) < 4.78 is 7.37. The summed E-state index contributed by atoms with van der Waals surface area (Å²) in [6, 6.07) is 12.0. The third-order valence-corrected chi connectivity index (χ3v) is 5.75. The van der Waals surface area contributed by atoms with Gasteiger partial charge in [0, 0.05) is 17.2 Å². The van der Waals surface area contributed by atoms with E-state index in [0.717, 1.165) is 33.7 Å². The predicted octanol–water partition coefficient (Wildman–Crippen LogP) is 5.28. The van der Waals surface area contributed by atoms with Crippen molar-refractivity contribution in [2.24, 2.45) is 16.0 Å². The van der Waals surface area contributed by atoms with Gasteiger partial charge in [0.25, 0.3) is 5.91 Å². The van der Waals surface area contributed by atoms with Crippen molar-refractivity contribution < 1.29 is 9.53 Å². The molecule has 2 aromatic carbocycles. The van der Waals surface area contributed by atoms with Gasteiger partial charge in [-0.1, -0.05) is 31.5 Å². The summed E-state index contributed by atoms with van der Waals surface area (Å²) in [5.74, 6) is 1.04. The molecule has 2 heterocycles. The number of hydrogen-bond acceptors (Lipinski definition) is 5. The molecule has 0 radical (unpaired) electrons. The lowest BCUT2D eigenvalue weighted by Gasteiger charge is -2.18. The highest BCUT2D eigenvalue weighted by Crippen LogP contribution is 2.33. The zero-order chi connectivity index (χ0) is 22.0. The van der Waals surface area contributed by atoms with E-state index in [9.17, 15) is 4.79 Å². The van der Waals surface area contributed by atoms with Gasteiger partial charge < -0.3 is 10.1 Å². The van der Waals surface area contributed by atoms with Gasteiger partial charge in [-0.3, -0.25) is 4.79 Å². The van der Waals surface area contributed by atoms with E-state index in [1.54, 1.807) is 0 Å². The van der Waals surface area contributed by atoms with Gasteiger partial charge >= 0.3 is 0 Å². The molecule has 0 aliphatic carbocycles. The lowest BCUT2D eigenvalue weighted by molar-refractivity contribution is -0.118. The van der Waals surface area contributed by atoms with Gasteiger partial charge in [0.05, 0.1) is 17.1 Å². The molecule has 1 aliphatic rings. The topological polar surface area (TPSA) is 68.0 Å². The molecule has 1 aliphatic heterocycles. The zero-order valence-corrected chi connectivity index (χ0v) is 19.0. The molecule has 1 N–H and O–H groups in total. The first-order valence-corrected chi connectivity index (χ1v) is 11.2. The molecule has 0 fully saturated rings. The molecule has 0 saturated heterocycles. The van der Waals surface area contributed by atoms with E-state index in [1.807, 2.05) is 40.5 Å². The minimum atomic E-state index is -0.150. The van der Waals surface area contributed by atoms with Crippen LogP contribution in [0.1, 0.15) is 31.4 Å². The SMILES string of the molecule is Cc1ccc(N=c2scc(-c3ccc4c(c3)NC(=O)CO4)n2N=CCC(C)C)c(C)c1. The Kier molecular flexibility index (Phi) is 6.04. The van der Waals surface area contributed by atoms with Crippen molar-refractivity contribution in [1.29, 1.82) is 0 Å². The summed E-state index contributed by atoms with van der Waals surface area (Å²) in [5.41, 5.74) is 5.79. The minimum absolute atomic E-state index is 0.0449. The Hall–Kier alpha value is -3.19. The summed E-state index contributed by atoms with van der Waals surface area (Å²) in [6.45, 7) is 8.52. The fourth-order valence-corrected chi connectivity index (χ4v) is 4.15. The Morgan fingerprint density at radius 3 is 2.84 bits per heavy atom. The monoisotopic (exact) mass is 434 g/mol. The number of aryl methyl sites for hydroxylation is 2. The molecule has 6 nitrogen and oxygen atoms in total. The van der Waals surface area contributed by atoms with Crippen LogP contribution in [0.15, 0.2) is 51.9 Å². The van der Waals surface area contributed by atoms with Gasteiger partial charge in [0.1, 0.15) is 5.75 Å². The molecule has 0 bridgehead atoms. The van der Waals surface area contributed by atoms with E-state index in [2.05, 4.69) is 45.1 Å². The maximum atomic E-state index is 11.7. The second-order valence-electron chi connectivity index (χ2n) is 8.09. The first-order chi connectivity index (χ1) is 14.9. The van der Waals surface area contributed by atoms with Crippen LogP contribution < -0.4 is 14.9 Å². The van der Waals surface area contributed by atoms with Crippen molar-refractivity contribution in [3.8, 4) is 17.0 Å². The fourth-order valence-electron chi connectivity index (χ4n) is 3.30. The molecule has 160 valence electrons. The number of nitrogens with one attached hydrogen (secondary N) is 1. The van der Waals surface area contributed by atoms with Crippen LogP contribution in [0.3, 0.4) is 0 Å². The second kappa shape index (κ2) is 8.89. The van der Waals surface area contributed by atoms with Crippen LogP contribution in [0.4, 0.5) is 11.4 Å². The smallest absolute Gasteiger partial charge is 0.262 e. The molecule has 0 atom stereocenters. The van der Waals surface area contributed by atoms with Crippen LogP contribution >= 0.6 is 11.3 Å². The molecule has 4 rings (SSSR count). The van der Waals surface area contributed by atoms with E-state index in [1.165, 1.54) is 16.9 Å². The number of hydrogen-bond donors (Lipinski definition) is 1. The number of carbonyl (C=O) groups excluding carboxylic acids is 1. The number of rotatable bonds is 5. The second-order valence-corrected chi connectivity index (χ2v) is 8.93. The van der Waals surface area contributed by atoms with Crippen molar-refractivity contribution in [1.82, 2.24) is 4.68 Å². The van der Waals surface area contributed by atoms with Crippen LogP contribution in [0.25, 0.3) is 11.3 Å². The summed E-state index contributed by atoms with van der Waals surface area (Å²) >= 11 is 1.54. The molecule has 0 spiro atoms. The van der Waals surface area contributed by atoms with Crippen LogP contribution in [-0.4, -0.2) is 23.4 Å². The molecule has 31 heavy (non-hydrogen) atoms. The van der Waals surface area contributed by atoms with Gasteiger partial charge in [-0.2, -0.15) is 5.10 Å². The van der Waals surface area contributed by atoms with E-state index >= 15 is 0 Å². The quantitative estimate of drug-likeness (QED) is 0.555. The first-order valence-electron chi connectivity index (χ1n) is 10.3. The number of ether oxygens (including phenoxy) is 1. The average Bonchev–Trinajstić information content (AvgIpc) is 3.11. The van der Waals surface area contributed by atoms with Crippen molar-refractivity contribution in [2.75, 3.05) is 11.9 Å². The van der Waals surface area contributed by atoms with Gasteiger partial charge in [-0.05, 0) is 56.0 Å². The van der Waals surface area contributed by atoms with Gasteiger partial charge in [-0.25, -0.2) is 9.67 Å². The highest BCUT2D eigenvalue weighted by molar-refractivity contribution is 7.07. The number of anilines is 1. The fraction of sp³-hybridized carbons (Fsp3) is 0.292. The Labute approximate surface area is 185 Å². The van der Waals surface area contributed by atoms with Crippen LogP contribution in [0.2, 0.25) is 0 Å². The standard InChI is InChI=1S/C24H26N4O2S/c1-15(2)9-10-25-28-21(18-6-8-22-20(12-18)26-23(29)13-30-22)14-31-24(28)27-19-7-5-16(3)11-17(19)4/h5-8,10-12,14-15H,9,13H2,1-4H3,(H,26,29). The van der Waals surface area contributed by atoms with E-state index in [0.29, 0.717) is 17.4 Å². The van der Waals surface area contributed by atoms with Crippen molar-refractivity contribution >= 4 is 34.8 Å². The van der Waals surface area contributed by atoms with E-state index in [4.69, 9.17) is 14.8 Å². The van der Waals surface area contributed by atoms with Crippen molar-refractivity contribution in [3.63, 3.8) is 0 Å². The molecular weight excluding hydrogens is 408 g/mol. The number of carbonyl (C=O) groups is 1. The molecule has 3 aromatic rings. The number of benzene rings is 2. The summed E-state index contributed by atoms with van der Waals surface area (Å²) in [5, 5.41) is 9.66. The summed E-state index contributed by atoms with van der Waals surface area (Å²) in [7, 11) is 0. The number of amides is 1. The van der Waals surface area contributed by atoms with Gasteiger partial charge in [0.15, 0.2) is 6.61 Å². The summed E-state index contributed by atoms with van der Waals surface area (Å²) in [4.78, 5) is 17.4. The predicted molar refractivity (Wildman–Crippen MR) is 126 cm³/mol. The summed E-state index contributed by atoms with van der Waals surface area (Å²) in [6.07, 6.45) is 2.81. The van der Waals surface area contributed by atoms with Gasteiger partial charge in [-0.15, -0.1) is 11.3 Å². The number of aromatic nitrogens is 1. The van der Waals surface area contributed by atoms with Crippen molar-refractivity contribution in [3.05, 3.63) is 57.7 Å². The number of fused-ring (bicyclic) bond motifs is 1. The lowest BCUT2D eigenvalue weighted by atomic mass is 10.1. The minimum Gasteiger partial charge on any atom is -0.482 e. The molecule has 0 unspecified atom stereocenters. The van der Waals surface area contributed by atoms with Crippen LogP contribution in [0, 0.1) is 19.8 Å². The van der Waals surface area contributed by atoms with Crippen LogP contribution in [0.5, 0.6) is 5.75 Å². The molecule has 7 heteroatoms. The van der Waals surface area contributed by atoms with E-state index in [-0.39, 0.29) is 12.5 Å². The third-order valence-electron chi connectivity index (χ3n) is 4.94. The highest BCUT2D eigenvalue weighted by atomic mass is 32.1. The average molecular weight is 435 g/mol. The molecule has 0 saturated carbocycles. The highest BCUT2D eigenvalue weighted by Gasteiger charge is 2.18. The first kappa shape index (κ1) is 21.1. The Morgan fingerprint density at radius 1 is 1.23 bits per heavy atom. The molecular formula is C24H26N4O2S. The largest absolute Gasteiger partial charge is 0.482 e. The molecule has 1 aromatic heterocycles. The van der Waals surface area contributed by atoms with Crippen LogP contribution in [-0.2, 0) is 4.79 Å².